The molecule has 0 saturated carbocycles. The van der Waals surface area contributed by atoms with Gasteiger partial charge in [0.25, 0.3) is 0 Å². The smallest absolute Gasteiger partial charge is 0.316 e. The molecule has 2 heterocycles. The Balaban J connectivity index is 2.71. The zero-order valence-corrected chi connectivity index (χ0v) is 9.91. The Morgan fingerprint density at radius 3 is 2.72 bits per heavy atom. The molecule has 2 aromatic heterocycles. The average molecular weight is 245 g/mol. The predicted octanol–water partition coefficient (Wildman–Crippen LogP) is 1.80. The second-order valence-corrected chi connectivity index (χ2v) is 3.58. The highest BCUT2D eigenvalue weighted by molar-refractivity contribution is 5.71. The van der Waals surface area contributed by atoms with Crippen LogP contribution in [0.15, 0.2) is 24.5 Å². The number of nitrogens with zero attached hydrogens (tertiary/aromatic N) is 4. The van der Waals surface area contributed by atoms with Gasteiger partial charge in [0.05, 0.1) is 4.92 Å². The van der Waals surface area contributed by atoms with Crippen LogP contribution in [0.25, 0.3) is 11.3 Å². The molecule has 7 nitrogen and oxygen atoms in total. The van der Waals surface area contributed by atoms with Gasteiger partial charge in [0.2, 0.25) is 5.95 Å². The Morgan fingerprint density at radius 1 is 1.39 bits per heavy atom. The van der Waals surface area contributed by atoms with E-state index in [9.17, 15) is 10.1 Å². The lowest BCUT2D eigenvalue weighted by Crippen LogP contribution is -2.05. The van der Waals surface area contributed by atoms with Crippen molar-refractivity contribution in [3.63, 3.8) is 0 Å². The summed E-state index contributed by atoms with van der Waals surface area (Å²) in [7, 11) is 1.66. The van der Waals surface area contributed by atoms with Crippen molar-refractivity contribution in [1.82, 2.24) is 15.0 Å². The highest BCUT2D eigenvalue weighted by Gasteiger charge is 2.22. The van der Waals surface area contributed by atoms with Crippen LogP contribution in [0.3, 0.4) is 0 Å². The molecule has 0 radical (unpaired) electrons. The largest absolute Gasteiger partial charge is 0.357 e. The average Bonchev–Trinajstić information content (AvgIpc) is 2.38. The summed E-state index contributed by atoms with van der Waals surface area (Å²) in [6, 6.07) is 3.43. The molecule has 0 aliphatic heterocycles. The van der Waals surface area contributed by atoms with Gasteiger partial charge in [-0.25, -0.2) is 9.97 Å². The first-order valence-electron chi connectivity index (χ1n) is 5.24. The molecule has 0 bridgehead atoms. The lowest BCUT2D eigenvalue weighted by molar-refractivity contribution is -0.385. The summed E-state index contributed by atoms with van der Waals surface area (Å²) in [5, 5.41) is 13.9. The zero-order chi connectivity index (χ0) is 13.1. The maximum atomic E-state index is 11.1. The van der Waals surface area contributed by atoms with Gasteiger partial charge in [-0.15, -0.1) is 0 Å². The summed E-state index contributed by atoms with van der Waals surface area (Å²) < 4.78 is 0. The standard InChI is InChI=1S/C11H11N5O2/c1-7-10(16(17)18)9(15-11(12-2)14-7)8-4-3-5-13-6-8/h3-6H,1-2H3,(H,12,14,15). The minimum atomic E-state index is -0.475. The number of rotatable bonds is 3. The van der Waals surface area contributed by atoms with E-state index < -0.39 is 4.92 Å². The Hall–Kier alpha value is -2.57. The van der Waals surface area contributed by atoms with Gasteiger partial charge in [-0.2, -0.15) is 0 Å². The molecule has 0 aliphatic rings. The molecule has 7 heteroatoms. The first-order valence-corrected chi connectivity index (χ1v) is 5.24. The van der Waals surface area contributed by atoms with Crippen LogP contribution in [0, 0.1) is 17.0 Å². The maximum absolute atomic E-state index is 11.1. The molecule has 92 valence electrons. The topological polar surface area (TPSA) is 93.8 Å². The fraction of sp³-hybridized carbons (Fsp3) is 0.182. The van der Waals surface area contributed by atoms with Crippen LogP contribution < -0.4 is 5.32 Å². The molecule has 0 spiro atoms. The zero-order valence-electron chi connectivity index (χ0n) is 9.91. The number of nitro groups is 1. The monoisotopic (exact) mass is 245 g/mol. The Bertz CT molecular complexity index is 585. The van der Waals surface area contributed by atoms with E-state index in [0.717, 1.165) is 0 Å². The van der Waals surface area contributed by atoms with Crippen molar-refractivity contribution in [2.45, 2.75) is 6.92 Å². The van der Waals surface area contributed by atoms with Crippen LogP contribution in [-0.2, 0) is 0 Å². The normalized spacial score (nSPS) is 10.1. The lowest BCUT2D eigenvalue weighted by atomic mass is 10.1. The fourth-order valence-electron chi connectivity index (χ4n) is 1.60. The third kappa shape index (κ3) is 2.10. The van der Waals surface area contributed by atoms with Crippen LogP contribution in [0.1, 0.15) is 5.69 Å². The predicted molar refractivity (Wildman–Crippen MR) is 66.2 cm³/mol. The van der Waals surface area contributed by atoms with Crippen LogP contribution in [0.4, 0.5) is 11.6 Å². The van der Waals surface area contributed by atoms with Crippen LogP contribution in [-0.4, -0.2) is 26.9 Å². The van der Waals surface area contributed by atoms with Crippen LogP contribution in [0.5, 0.6) is 0 Å². The fourth-order valence-corrected chi connectivity index (χ4v) is 1.60. The molecule has 0 amide bonds. The van der Waals surface area contributed by atoms with Gasteiger partial charge in [0.1, 0.15) is 5.69 Å². The molecular formula is C11H11N5O2. The van der Waals surface area contributed by atoms with E-state index in [1.165, 1.54) is 6.20 Å². The molecule has 0 aliphatic carbocycles. The van der Waals surface area contributed by atoms with Gasteiger partial charge >= 0.3 is 5.69 Å². The Kier molecular flexibility index (Phi) is 3.13. The first kappa shape index (κ1) is 11.9. The molecular weight excluding hydrogens is 234 g/mol. The highest BCUT2D eigenvalue weighted by Crippen LogP contribution is 2.30. The molecule has 0 saturated heterocycles. The molecule has 0 fully saturated rings. The van der Waals surface area contributed by atoms with Crippen molar-refractivity contribution in [3.8, 4) is 11.3 Å². The summed E-state index contributed by atoms with van der Waals surface area (Å²) in [4.78, 5) is 22.7. The van der Waals surface area contributed by atoms with Crippen molar-refractivity contribution in [3.05, 3.63) is 40.3 Å². The molecule has 2 aromatic rings. The van der Waals surface area contributed by atoms with E-state index in [0.29, 0.717) is 17.2 Å². The second-order valence-electron chi connectivity index (χ2n) is 3.58. The molecule has 0 unspecified atom stereocenters. The Labute approximate surface area is 103 Å². The van der Waals surface area contributed by atoms with Crippen LogP contribution in [0.2, 0.25) is 0 Å². The minimum absolute atomic E-state index is 0.0954. The third-order valence-corrected chi connectivity index (χ3v) is 2.40. The summed E-state index contributed by atoms with van der Waals surface area (Å²) in [5.74, 6) is 0.344. The van der Waals surface area contributed by atoms with Crippen molar-refractivity contribution in [2.75, 3.05) is 12.4 Å². The number of hydrogen-bond donors (Lipinski definition) is 1. The highest BCUT2D eigenvalue weighted by atomic mass is 16.6. The Morgan fingerprint density at radius 2 is 2.17 bits per heavy atom. The summed E-state index contributed by atoms with van der Waals surface area (Å²) in [6.45, 7) is 1.58. The summed E-state index contributed by atoms with van der Waals surface area (Å²) in [5.41, 5.74) is 1.08. The van der Waals surface area contributed by atoms with Crippen molar-refractivity contribution >= 4 is 11.6 Å². The maximum Gasteiger partial charge on any atom is 0.316 e. The number of anilines is 1. The minimum Gasteiger partial charge on any atom is -0.357 e. The van der Waals surface area contributed by atoms with Crippen LogP contribution >= 0.6 is 0 Å². The van der Waals surface area contributed by atoms with Crippen molar-refractivity contribution < 1.29 is 4.92 Å². The van der Waals surface area contributed by atoms with E-state index in [4.69, 9.17) is 0 Å². The first-order chi connectivity index (χ1) is 8.63. The molecule has 1 N–H and O–H groups in total. The van der Waals surface area contributed by atoms with E-state index in [1.54, 1.807) is 32.3 Å². The molecule has 0 aromatic carbocycles. The SMILES string of the molecule is CNc1nc(C)c([N+](=O)[O-])c(-c2cccnc2)n1. The van der Waals surface area contributed by atoms with Crippen molar-refractivity contribution in [2.24, 2.45) is 0 Å². The van der Waals surface area contributed by atoms with Gasteiger partial charge in [-0.3, -0.25) is 15.1 Å². The molecule has 2 rings (SSSR count). The lowest BCUT2D eigenvalue weighted by Gasteiger charge is -2.06. The van der Waals surface area contributed by atoms with E-state index in [1.807, 2.05) is 0 Å². The number of nitrogens with one attached hydrogen (secondary N) is 1. The van der Waals surface area contributed by atoms with Gasteiger partial charge in [-0.1, -0.05) is 0 Å². The van der Waals surface area contributed by atoms with Gasteiger partial charge in [-0.05, 0) is 19.1 Å². The van der Waals surface area contributed by atoms with E-state index in [2.05, 4.69) is 20.3 Å². The number of hydrogen-bond acceptors (Lipinski definition) is 6. The third-order valence-electron chi connectivity index (χ3n) is 2.40. The molecule has 18 heavy (non-hydrogen) atoms. The van der Waals surface area contributed by atoms with Gasteiger partial charge in [0.15, 0.2) is 5.69 Å². The summed E-state index contributed by atoms with van der Waals surface area (Å²) in [6.07, 6.45) is 3.14. The van der Waals surface area contributed by atoms with E-state index in [-0.39, 0.29) is 11.4 Å². The second kappa shape index (κ2) is 4.74. The quantitative estimate of drug-likeness (QED) is 0.654. The molecule has 0 atom stereocenters. The summed E-state index contributed by atoms with van der Waals surface area (Å²) >= 11 is 0. The van der Waals surface area contributed by atoms with Gasteiger partial charge < -0.3 is 5.32 Å². The van der Waals surface area contributed by atoms with Crippen molar-refractivity contribution in [1.29, 1.82) is 0 Å². The number of aryl methyl sites for hydroxylation is 1. The number of pyridine rings is 1. The van der Waals surface area contributed by atoms with Gasteiger partial charge in [0, 0.05) is 25.0 Å². The van der Waals surface area contributed by atoms with E-state index >= 15 is 0 Å². The number of aromatic nitrogens is 3.